The van der Waals surface area contributed by atoms with Crippen molar-refractivity contribution in [1.29, 1.82) is 0 Å². The fourth-order valence-electron chi connectivity index (χ4n) is 1.26. The van der Waals surface area contributed by atoms with E-state index in [4.69, 9.17) is 10.5 Å². The second-order valence-corrected chi connectivity index (χ2v) is 4.54. The molecule has 1 heterocycles. The monoisotopic (exact) mass is 257 g/mol. The molecule has 0 saturated heterocycles. The highest BCUT2D eigenvalue weighted by atomic mass is 32.2. The molecule has 7 heteroatoms. The molecule has 0 aliphatic carbocycles. The van der Waals surface area contributed by atoms with Crippen molar-refractivity contribution >= 4 is 23.7 Å². The van der Waals surface area contributed by atoms with E-state index in [1.807, 2.05) is 18.9 Å². The standard InChI is InChI=1S/C10H19N5OS/c1-5-16-10-13-8(11)12-9(14-10)15(3)7(2)6-17-4/h7H,5-6H2,1-4H3,(H2,11,12,13,14). The lowest BCUT2D eigenvalue weighted by molar-refractivity contribution is 0.312. The molecule has 0 saturated carbocycles. The van der Waals surface area contributed by atoms with E-state index in [-0.39, 0.29) is 12.0 Å². The number of nitrogens with two attached hydrogens (primary N) is 1. The first-order valence-corrected chi connectivity index (χ1v) is 6.84. The van der Waals surface area contributed by atoms with E-state index in [0.717, 1.165) is 5.75 Å². The highest BCUT2D eigenvalue weighted by Gasteiger charge is 2.14. The minimum Gasteiger partial charge on any atom is -0.464 e. The van der Waals surface area contributed by atoms with Gasteiger partial charge in [0.1, 0.15) is 0 Å². The SMILES string of the molecule is CCOc1nc(N)nc(N(C)C(C)CSC)n1. The fourth-order valence-corrected chi connectivity index (χ4v) is 1.97. The first-order chi connectivity index (χ1) is 8.08. The molecule has 0 aromatic carbocycles. The zero-order valence-corrected chi connectivity index (χ0v) is 11.5. The molecule has 0 bridgehead atoms. The summed E-state index contributed by atoms with van der Waals surface area (Å²) < 4.78 is 5.24. The van der Waals surface area contributed by atoms with Crippen molar-refractivity contribution in [3.8, 4) is 6.01 Å². The van der Waals surface area contributed by atoms with Crippen molar-refractivity contribution < 1.29 is 4.74 Å². The molecule has 1 unspecified atom stereocenters. The molecular weight excluding hydrogens is 238 g/mol. The lowest BCUT2D eigenvalue weighted by atomic mass is 10.3. The molecule has 2 N–H and O–H groups in total. The Morgan fingerprint density at radius 2 is 2.12 bits per heavy atom. The Morgan fingerprint density at radius 3 is 2.71 bits per heavy atom. The lowest BCUT2D eigenvalue weighted by Gasteiger charge is -2.24. The molecule has 1 atom stereocenters. The fraction of sp³-hybridized carbons (Fsp3) is 0.700. The van der Waals surface area contributed by atoms with Crippen LogP contribution in [-0.2, 0) is 0 Å². The third-order valence-corrected chi connectivity index (χ3v) is 3.09. The maximum atomic E-state index is 5.63. The van der Waals surface area contributed by atoms with Crippen molar-refractivity contribution in [3.05, 3.63) is 0 Å². The molecule has 0 spiro atoms. The summed E-state index contributed by atoms with van der Waals surface area (Å²) in [5.41, 5.74) is 5.63. The second-order valence-electron chi connectivity index (χ2n) is 3.62. The smallest absolute Gasteiger partial charge is 0.323 e. The Kier molecular flexibility index (Phi) is 5.27. The number of hydrogen-bond donors (Lipinski definition) is 1. The van der Waals surface area contributed by atoms with E-state index in [0.29, 0.717) is 18.6 Å². The summed E-state index contributed by atoms with van der Waals surface area (Å²) in [4.78, 5) is 14.2. The lowest BCUT2D eigenvalue weighted by Crippen LogP contribution is -2.32. The Bertz CT molecular complexity index is 363. The molecule has 96 valence electrons. The second kappa shape index (κ2) is 6.48. The highest BCUT2D eigenvalue weighted by Crippen LogP contribution is 2.15. The zero-order chi connectivity index (χ0) is 12.8. The van der Waals surface area contributed by atoms with Gasteiger partial charge in [-0.1, -0.05) is 0 Å². The number of ether oxygens (including phenoxy) is 1. The summed E-state index contributed by atoms with van der Waals surface area (Å²) in [5.74, 6) is 1.72. The van der Waals surface area contributed by atoms with Crippen LogP contribution in [0.4, 0.5) is 11.9 Å². The molecule has 0 radical (unpaired) electrons. The van der Waals surface area contributed by atoms with Gasteiger partial charge >= 0.3 is 6.01 Å². The average molecular weight is 257 g/mol. The zero-order valence-electron chi connectivity index (χ0n) is 10.7. The van der Waals surface area contributed by atoms with Gasteiger partial charge < -0.3 is 15.4 Å². The van der Waals surface area contributed by atoms with Crippen LogP contribution in [0.15, 0.2) is 0 Å². The van der Waals surface area contributed by atoms with Crippen molar-refractivity contribution in [1.82, 2.24) is 15.0 Å². The minimum atomic E-state index is 0.182. The van der Waals surface area contributed by atoms with Gasteiger partial charge in [-0.05, 0) is 20.1 Å². The van der Waals surface area contributed by atoms with Crippen LogP contribution in [0.25, 0.3) is 0 Å². The van der Waals surface area contributed by atoms with E-state index in [1.54, 1.807) is 11.8 Å². The number of aromatic nitrogens is 3. The Hall–Kier alpha value is -1.24. The van der Waals surface area contributed by atoms with E-state index in [2.05, 4.69) is 28.1 Å². The van der Waals surface area contributed by atoms with Crippen LogP contribution in [0.3, 0.4) is 0 Å². The quantitative estimate of drug-likeness (QED) is 0.815. The molecule has 6 nitrogen and oxygen atoms in total. The maximum Gasteiger partial charge on any atom is 0.323 e. The van der Waals surface area contributed by atoms with E-state index < -0.39 is 0 Å². The Balaban J connectivity index is 2.88. The third-order valence-electron chi connectivity index (χ3n) is 2.28. The number of hydrogen-bond acceptors (Lipinski definition) is 7. The number of anilines is 2. The van der Waals surface area contributed by atoms with Gasteiger partial charge in [0.25, 0.3) is 0 Å². The van der Waals surface area contributed by atoms with E-state index in [1.165, 1.54) is 0 Å². The summed E-state index contributed by atoms with van der Waals surface area (Å²) in [6.45, 7) is 4.49. The molecule has 1 aromatic heterocycles. The molecule has 0 amide bonds. The van der Waals surface area contributed by atoms with Crippen LogP contribution in [-0.4, -0.2) is 46.7 Å². The van der Waals surface area contributed by atoms with Gasteiger partial charge in [0.2, 0.25) is 11.9 Å². The molecule has 1 aromatic rings. The predicted molar refractivity (Wildman–Crippen MR) is 71.7 cm³/mol. The van der Waals surface area contributed by atoms with Gasteiger partial charge in [0, 0.05) is 18.8 Å². The summed E-state index contributed by atoms with van der Waals surface area (Å²) in [5, 5.41) is 0. The minimum absolute atomic E-state index is 0.182. The van der Waals surface area contributed by atoms with Gasteiger partial charge in [0.15, 0.2) is 0 Å². The Labute approximate surface area is 106 Å². The molecule has 0 aliphatic heterocycles. The number of rotatable bonds is 6. The highest BCUT2D eigenvalue weighted by molar-refractivity contribution is 7.98. The Morgan fingerprint density at radius 1 is 1.41 bits per heavy atom. The van der Waals surface area contributed by atoms with E-state index in [9.17, 15) is 0 Å². The normalized spacial score (nSPS) is 12.2. The number of nitrogen functional groups attached to an aromatic ring is 1. The maximum absolute atomic E-state index is 5.63. The van der Waals surface area contributed by atoms with Gasteiger partial charge in [-0.25, -0.2) is 0 Å². The van der Waals surface area contributed by atoms with Crippen molar-refractivity contribution in [3.63, 3.8) is 0 Å². The van der Waals surface area contributed by atoms with Crippen LogP contribution in [0, 0.1) is 0 Å². The topological polar surface area (TPSA) is 77.2 Å². The third kappa shape index (κ3) is 3.92. The van der Waals surface area contributed by atoms with Gasteiger partial charge in [-0.2, -0.15) is 26.7 Å². The predicted octanol–water partition coefficient (Wildman–Crippen LogP) is 1.04. The molecule has 17 heavy (non-hydrogen) atoms. The number of thioether (sulfide) groups is 1. The largest absolute Gasteiger partial charge is 0.464 e. The first kappa shape index (κ1) is 13.8. The average Bonchev–Trinajstić information content (AvgIpc) is 2.28. The van der Waals surface area contributed by atoms with E-state index >= 15 is 0 Å². The van der Waals surface area contributed by atoms with Gasteiger partial charge in [-0.3, -0.25) is 0 Å². The summed E-state index contributed by atoms with van der Waals surface area (Å²) >= 11 is 1.78. The summed E-state index contributed by atoms with van der Waals surface area (Å²) in [6, 6.07) is 0.597. The van der Waals surface area contributed by atoms with Crippen LogP contribution in [0.1, 0.15) is 13.8 Å². The van der Waals surface area contributed by atoms with Gasteiger partial charge in [0.05, 0.1) is 6.61 Å². The summed E-state index contributed by atoms with van der Waals surface area (Å²) in [7, 11) is 1.94. The van der Waals surface area contributed by atoms with Crippen LogP contribution >= 0.6 is 11.8 Å². The van der Waals surface area contributed by atoms with Crippen LogP contribution in [0.2, 0.25) is 0 Å². The molecular formula is C10H19N5OS. The van der Waals surface area contributed by atoms with Crippen LogP contribution < -0.4 is 15.4 Å². The molecule has 1 rings (SSSR count). The molecule has 0 aliphatic rings. The van der Waals surface area contributed by atoms with Crippen molar-refractivity contribution in [2.24, 2.45) is 0 Å². The van der Waals surface area contributed by atoms with Crippen molar-refractivity contribution in [2.75, 3.05) is 36.3 Å². The summed E-state index contributed by atoms with van der Waals surface area (Å²) in [6.07, 6.45) is 2.07. The number of nitrogens with zero attached hydrogens (tertiary/aromatic N) is 4. The molecule has 0 fully saturated rings. The van der Waals surface area contributed by atoms with Crippen LogP contribution in [0.5, 0.6) is 6.01 Å². The first-order valence-electron chi connectivity index (χ1n) is 5.44. The van der Waals surface area contributed by atoms with Crippen molar-refractivity contribution in [2.45, 2.75) is 19.9 Å². The van der Waals surface area contributed by atoms with Gasteiger partial charge in [-0.15, -0.1) is 0 Å².